The number of ether oxygens (including phenoxy) is 1. The number of amides is 1. The van der Waals surface area contributed by atoms with E-state index in [0.29, 0.717) is 5.41 Å². The molecule has 1 N–H and O–H groups in total. The lowest BCUT2D eigenvalue weighted by Crippen LogP contribution is -2.73. The fourth-order valence-electron chi connectivity index (χ4n) is 3.43. The van der Waals surface area contributed by atoms with E-state index in [2.05, 4.69) is 12.2 Å². The van der Waals surface area contributed by atoms with Crippen molar-refractivity contribution in [1.29, 1.82) is 0 Å². The average Bonchev–Trinajstić information content (AvgIpc) is 2.24. The molecule has 17 heavy (non-hydrogen) atoms. The fraction of sp³-hybridized carbons (Fsp3) is 0.500. The molecule has 3 heteroatoms. The molecule has 0 atom stereocenters. The summed E-state index contributed by atoms with van der Waals surface area (Å²) < 4.78 is 5.41. The van der Waals surface area contributed by atoms with Gasteiger partial charge in [0.1, 0.15) is 5.75 Å². The van der Waals surface area contributed by atoms with Crippen molar-refractivity contribution in [2.45, 2.75) is 31.7 Å². The van der Waals surface area contributed by atoms with E-state index in [1.54, 1.807) is 0 Å². The van der Waals surface area contributed by atoms with Crippen LogP contribution in [-0.4, -0.2) is 18.1 Å². The van der Waals surface area contributed by atoms with Crippen LogP contribution < -0.4 is 10.1 Å². The summed E-state index contributed by atoms with van der Waals surface area (Å²) >= 11 is 0. The molecule has 0 unspecified atom stereocenters. The van der Waals surface area contributed by atoms with Crippen LogP contribution in [0.15, 0.2) is 30.3 Å². The fourth-order valence-corrected chi connectivity index (χ4v) is 3.43. The Hall–Kier alpha value is -1.51. The van der Waals surface area contributed by atoms with E-state index in [-0.39, 0.29) is 18.1 Å². The molecular weight excluding hydrogens is 214 g/mol. The Morgan fingerprint density at radius 1 is 1.29 bits per heavy atom. The third kappa shape index (κ3) is 1.90. The van der Waals surface area contributed by atoms with Gasteiger partial charge >= 0.3 is 0 Å². The lowest BCUT2D eigenvalue weighted by Gasteiger charge is -2.69. The van der Waals surface area contributed by atoms with E-state index >= 15 is 0 Å². The van der Waals surface area contributed by atoms with Crippen LogP contribution in [0.5, 0.6) is 5.75 Å². The van der Waals surface area contributed by atoms with Crippen LogP contribution in [0, 0.1) is 5.41 Å². The van der Waals surface area contributed by atoms with Crippen molar-refractivity contribution in [2.75, 3.05) is 6.61 Å². The van der Waals surface area contributed by atoms with Gasteiger partial charge in [0.15, 0.2) is 6.61 Å². The summed E-state index contributed by atoms with van der Waals surface area (Å²) in [5, 5.41) is 3.09. The first-order valence-corrected chi connectivity index (χ1v) is 6.08. The van der Waals surface area contributed by atoms with Gasteiger partial charge in [-0.3, -0.25) is 4.79 Å². The van der Waals surface area contributed by atoms with Gasteiger partial charge in [-0.05, 0) is 36.8 Å². The predicted molar refractivity (Wildman–Crippen MR) is 64.8 cm³/mol. The number of benzene rings is 1. The minimum Gasteiger partial charge on any atom is -0.484 e. The number of rotatable bonds is 4. The second-order valence-electron chi connectivity index (χ2n) is 5.77. The highest BCUT2D eigenvalue weighted by Gasteiger charge is 2.65. The molecule has 3 fully saturated rings. The number of hydrogen-bond acceptors (Lipinski definition) is 2. The van der Waals surface area contributed by atoms with Gasteiger partial charge in [-0.25, -0.2) is 0 Å². The number of para-hydroxylation sites is 1. The quantitative estimate of drug-likeness (QED) is 0.862. The van der Waals surface area contributed by atoms with Crippen LogP contribution in [-0.2, 0) is 4.79 Å². The Morgan fingerprint density at radius 2 is 1.94 bits per heavy atom. The third-order valence-corrected chi connectivity index (χ3v) is 3.81. The molecular formula is C14H17NO2. The lowest BCUT2D eigenvalue weighted by molar-refractivity contribution is -0.157. The Kier molecular flexibility index (Phi) is 2.18. The SMILES string of the molecule is CC12CC(NC(=O)COc3ccccc3)(C1)C2. The zero-order valence-corrected chi connectivity index (χ0v) is 10.0. The second kappa shape index (κ2) is 3.49. The third-order valence-electron chi connectivity index (χ3n) is 3.81. The first-order chi connectivity index (χ1) is 8.09. The van der Waals surface area contributed by atoms with Crippen molar-refractivity contribution < 1.29 is 9.53 Å². The van der Waals surface area contributed by atoms with Crippen molar-refractivity contribution >= 4 is 5.91 Å². The Labute approximate surface area is 101 Å². The zero-order chi connectivity index (χ0) is 11.9. The molecule has 0 saturated heterocycles. The molecule has 2 bridgehead atoms. The van der Waals surface area contributed by atoms with Crippen molar-refractivity contribution in [2.24, 2.45) is 5.41 Å². The van der Waals surface area contributed by atoms with Crippen molar-refractivity contribution in [1.82, 2.24) is 5.32 Å². The summed E-state index contributed by atoms with van der Waals surface area (Å²) in [5.41, 5.74) is 0.638. The number of hydrogen-bond donors (Lipinski definition) is 1. The number of carbonyl (C=O) groups excluding carboxylic acids is 1. The summed E-state index contributed by atoms with van der Waals surface area (Å²) in [5.74, 6) is 0.739. The van der Waals surface area contributed by atoms with Crippen LogP contribution >= 0.6 is 0 Å². The monoisotopic (exact) mass is 231 g/mol. The number of nitrogens with one attached hydrogen (secondary N) is 1. The molecule has 1 aromatic carbocycles. The summed E-state index contributed by atoms with van der Waals surface area (Å²) in [4.78, 5) is 11.7. The Balaban J connectivity index is 1.46. The summed E-state index contributed by atoms with van der Waals surface area (Å²) in [6.07, 6.45) is 3.41. The van der Waals surface area contributed by atoms with E-state index in [9.17, 15) is 4.79 Å². The molecule has 0 aliphatic heterocycles. The van der Waals surface area contributed by atoms with Gasteiger partial charge in [0.05, 0.1) is 0 Å². The highest BCUT2D eigenvalue weighted by atomic mass is 16.5. The van der Waals surface area contributed by atoms with Gasteiger partial charge in [-0.15, -0.1) is 0 Å². The van der Waals surface area contributed by atoms with E-state index < -0.39 is 0 Å². The maximum Gasteiger partial charge on any atom is 0.258 e. The second-order valence-corrected chi connectivity index (χ2v) is 5.77. The van der Waals surface area contributed by atoms with Crippen LogP contribution in [0.25, 0.3) is 0 Å². The number of carbonyl (C=O) groups is 1. The minimum absolute atomic E-state index is 0.00407. The summed E-state index contributed by atoms with van der Waals surface area (Å²) in [6, 6.07) is 9.44. The molecule has 0 aromatic heterocycles. The highest BCUT2D eigenvalue weighted by molar-refractivity contribution is 5.79. The Morgan fingerprint density at radius 3 is 2.53 bits per heavy atom. The molecule has 3 saturated carbocycles. The van der Waals surface area contributed by atoms with Crippen molar-refractivity contribution in [3.8, 4) is 5.75 Å². The normalized spacial score (nSPS) is 33.2. The smallest absolute Gasteiger partial charge is 0.258 e. The molecule has 0 heterocycles. The van der Waals surface area contributed by atoms with Crippen molar-refractivity contribution in [3.05, 3.63) is 30.3 Å². The molecule has 1 amide bonds. The van der Waals surface area contributed by atoms with Crippen LogP contribution in [0.2, 0.25) is 0 Å². The maximum atomic E-state index is 11.7. The van der Waals surface area contributed by atoms with Crippen LogP contribution in [0.3, 0.4) is 0 Å². The molecule has 0 radical (unpaired) electrons. The van der Waals surface area contributed by atoms with E-state index in [1.807, 2.05) is 30.3 Å². The summed E-state index contributed by atoms with van der Waals surface area (Å²) in [6.45, 7) is 2.39. The topological polar surface area (TPSA) is 38.3 Å². The van der Waals surface area contributed by atoms with Crippen molar-refractivity contribution in [3.63, 3.8) is 0 Å². The minimum atomic E-state index is -0.00407. The van der Waals surface area contributed by atoms with E-state index in [0.717, 1.165) is 25.0 Å². The first kappa shape index (κ1) is 10.6. The highest BCUT2D eigenvalue weighted by Crippen LogP contribution is 2.66. The molecule has 1 aromatic rings. The van der Waals surface area contributed by atoms with E-state index in [4.69, 9.17) is 4.74 Å². The first-order valence-electron chi connectivity index (χ1n) is 6.08. The van der Waals surface area contributed by atoms with Crippen LogP contribution in [0.4, 0.5) is 0 Å². The van der Waals surface area contributed by atoms with E-state index in [1.165, 1.54) is 0 Å². The molecule has 0 spiro atoms. The maximum absolute atomic E-state index is 11.7. The largest absolute Gasteiger partial charge is 0.484 e. The van der Waals surface area contributed by atoms with Gasteiger partial charge in [0.25, 0.3) is 5.91 Å². The molecule has 3 aliphatic carbocycles. The average molecular weight is 231 g/mol. The van der Waals surface area contributed by atoms with Gasteiger partial charge in [0, 0.05) is 5.54 Å². The lowest BCUT2D eigenvalue weighted by atomic mass is 9.40. The van der Waals surface area contributed by atoms with Gasteiger partial charge in [0.2, 0.25) is 0 Å². The van der Waals surface area contributed by atoms with Gasteiger partial charge < -0.3 is 10.1 Å². The predicted octanol–water partition coefficient (Wildman–Crippen LogP) is 2.12. The Bertz CT molecular complexity index is 421. The van der Waals surface area contributed by atoms with Crippen LogP contribution in [0.1, 0.15) is 26.2 Å². The summed E-state index contributed by atoms with van der Waals surface area (Å²) in [7, 11) is 0. The molecule has 3 nitrogen and oxygen atoms in total. The van der Waals surface area contributed by atoms with Gasteiger partial charge in [-0.1, -0.05) is 25.1 Å². The molecule has 90 valence electrons. The standard InChI is InChI=1S/C14H17NO2/c1-13-8-14(9-13,10-13)15-12(16)7-17-11-5-3-2-4-6-11/h2-6H,7-10H2,1H3,(H,15,16). The molecule has 3 aliphatic rings. The zero-order valence-electron chi connectivity index (χ0n) is 10.0. The molecule has 4 rings (SSSR count). The van der Waals surface area contributed by atoms with Gasteiger partial charge in [-0.2, -0.15) is 0 Å².